The van der Waals surface area contributed by atoms with Crippen molar-refractivity contribution in [3.05, 3.63) is 23.9 Å². The van der Waals surface area contributed by atoms with Gasteiger partial charge in [0.1, 0.15) is 5.82 Å². The lowest BCUT2D eigenvalue weighted by molar-refractivity contribution is 0.0944. The number of hydrogen-bond donors (Lipinski definition) is 2. The zero-order chi connectivity index (χ0) is 16.1. The minimum Gasteiger partial charge on any atom is -0.354 e. The fourth-order valence-corrected chi connectivity index (χ4v) is 3.21. The van der Waals surface area contributed by atoms with E-state index in [9.17, 15) is 4.79 Å². The summed E-state index contributed by atoms with van der Waals surface area (Å²) in [7, 11) is 2.13. The molecular formula is C17H29Cl2N5O. The molecule has 0 spiro atoms. The van der Waals surface area contributed by atoms with Crippen LogP contribution in [0.4, 0.5) is 5.82 Å². The van der Waals surface area contributed by atoms with Crippen LogP contribution >= 0.6 is 24.8 Å². The van der Waals surface area contributed by atoms with Gasteiger partial charge in [-0.05, 0) is 51.0 Å². The summed E-state index contributed by atoms with van der Waals surface area (Å²) in [5.74, 6) is 1.46. The van der Waals surface area contributed by atoms with E-state index in [1.54, 1.807) is 12.3 Å². The number of rotatable bonds is 4. The summed E-state index contributed by atoms with van der Waals surface area (Å²) in [6.45, 7) is 6.84. The monoisotopic (exact) mass is 389 g/mol. The smallest absolute Gasteiger partial charge is 0.251 e. The average molecular weight is 390 g/mol. The third-order valence-corrected chi connectivity index (χ3v) is 4.79. The van der Waals surface area contributed by atoms with Crippen molar-refractivity contribution >= 4 is 36.5 Å². The lowest BCUT2D eigenvalue weighted by Gasteiger charge is -2.33. The summed E-state index contributed by atoms with van der Waals surface area (Å²) in [5, 5.41) is 6.45. The number of hydrogen-bond acceptors (Lipinski definition) is 5. The van der Waals surface area contributed by atoms with Gasteiger partial charge in [0, 0.05) is 44.5 Å². The predicted octanol–water partition coefficient (Wildman–Crippen LogP) is 1.41. The van der Waals surface area contributed by atoms with Crippen molar-refractivity contribution in [2.75, 3.05) is 57.8 Å². The summed E-state index contributed by atoms with van der Waals surface area (Å²) >= 11 is 0. The van der Waals surface area contributed by atoms with Crippen LogP contribution in [0.15, 0.2) is 18.3 Å². The topological polar surface area (TPSA) is 60.5 Å². The van der Waals surface area contributed by atoms with E-state index in [0.717, 1.165) is 51.6 Å². The number of halogens is 2. The normalized spacial score (nSPS) is 21.0. The van der Waals surface area contributed by atoms with Crippen LogP contribution in [0.5, 0.6) is 0 Å². The molecule has 0 aromatic carbocycles. The van der Waals surface area contributed by atoms with Gasteiger partial charge in [-0.1, -0.05) is 0 Å². The number of anilines is 1. The maximum absolute atomic E-state index is 12.4. The third-order valence-electron chi connectivity index (χ3n) is 4.79. The zero-order valence-electron chi connectivity index (χ0n) is 14.7. The summed E-state index contributed by atoms with van der Waals surface area (Å²) in [6, 6.07) is 3.72. The highest BCUT2D eigenvalue weighted by Crippen LogP contribution is 2.15. The molecule has 0 saturated carbocycles. The lowest BCUT2D eigenvalue weighted by Crippen LogP contribution is -2.44. The number of aromatic nitrogens is 1. The summed E-state index contributed by atoms with van der Waals surface area (Å²) in [4.78, 5) is 21.4. The van der Waals surface area contributed by atoms with Gasteiger partial charge in [0.25, 0.3) is 5.91 Å². The molecule has 0 aliphatic carbocycles. The number of piperidine rings is 1. The number of piperazine rings is 1. The molecule has 25 heavy (non-hydrogen) atoms. The first-order chi connectivity index (χ1) is 11.2. The Labute approximate surface area is 162 Å². The third kappa shape index (κ3) is 6.29. The van der Waals surface area contributed by atoms with Gasteiger partial charge in [0.15, 0.2) is 0 Å². The number of pyridine rings is 1. The molecule has 2 saturated heterocycles. The Morgan fingerprint density at radius 3 is 2.76 bits per heavy atom. The van der Waals surface area contributed by atoms with Gasteiger partial charge in [-0.15, -0.1) is 24.8 Å². The van der Waals surface area contributed by atoms with Crippen LogP contribution in [0.2, 0.25) is 0 Å². The van der Waals surface area contributed by atoms with Gasteiger partial charge in [0.2, 0.25) is 0 Å². The summed E-state index contributed by atoms with van der Waals surface area (Å²) in [5.41, 5.74) is 0.706. The fraction of sp³-hybridized carbons (Fsp3) is 0.647. The zero-order valence-corrected chi connectivity index (χ0v) is 16.4. The molecule has 3 rings (SSSR count). The molecule has 1 aromatic heterocycles. The quantitative estimate of drug-likeness (QED) is 0.814. The standard InChI is InChI=1S/C17H27N5O.2ClH/c1-21-7-9-22(10-8-21)16-11-15(4-6-19-16)17(23)20-13-14-3-2-5-18-12-14;;/h4,6,11,14,18H,2-3,5,7-10,12-13H2,1H3,(H,20,23);2*1H. The Bertz CT molecular complexity index is 532. The molecule has 1 atom stereocenters. The van der Waals surface area contributed by atoms with Gasteiger partial charge < -0.3 is 20.4 Å². The van der Waals surface area contributed by atoms with Crippen LogP contribution in [0.3, 0.4) is 0 Å². The van der Waals surface area contributed by atoms with Crippen LogP contribution < -0.4 is 15.5 Å². The lowest BCUT2D eigenvalue weighted by atomic mass is 10.00. The van der Waals surface area contributed by atoms with Crippen molar-refractivity contribution in [2.45, 2.75) is 12.8 Å². The van der Waals surface area contributed by atoms with E-state index < -0.39 is 0 Å². The number of carbonyl (C=O) groups is 1. The van der Waals surface area contributed by atoms with Crippen molar-refractivity contribution in [2.24, 2.45) is 5.92 Å². The predicted molar refractivity (Wildman–Crippen MR) is 106 cm³/mol. The largest absolute Gasteiger partial charge is 0.354 e. The second-order valence-corrected chi connectivity index (χ2v) is 6.62. The maximum atomic E-state index is 12.4. The van der Waals surface area contributed by atoms with E-state index in [4.69, 9.17) is 0 Å². The molecule has 3 heterocycles. The molecule has 2 N–H and O–H groups in total. The number of nitrogens with zero attached hydrogens (tertiary/aromatic N) is 3. The molecule has 2 aliphatic heterocycles. The fourth-order valence-electron chi connectivity index (χ4n) is 3.21. The van der Waals surface area contributed by atoms with Crippen LogP contribution in [0.25, 0.3) is 0 Å². The van der Waals surface area contributed by atoms with Gasteiger partial charge in [-0.3, -0.25) is 4.79 Å². The Hall–Kier alpha value is -1.08. The molecule has 1 unspecified atom stereocenters. The summed E-state index contributed by atoms with van der Waals surface area (Å²) < 4.78 is 0. The first kappa shape index (κ1) is 22.0. The van der Waals surface area contributed by atoms with E-state index in [2.05, 4.69) is 32.5 Å². The first-order valence-electron chi connectivity index (χ1n) is 8.61. The minimum atomic E-state index is 0. The SMILES string of the molecule is CN1CCN(c2cc(C(=O)NCC3CCCNC3)ccn2)CC1.Cl.Cl. The number of nitrogens with one attached hydrogen (secondary N) is 2. The van der Waals surface area contributed by atoms with Crippen molar-refractivity contribution in [1.29, 1.82) is 0 Å². The number of carbonyl (C=O) groups excluding carboxylic acids is 1. The number of amides is 1. The molecule has 0 radical (unpaired) electrons. The van der Waals surface area contributed by atoms with E-state index in [1.165, 1.54) is 12.8 Å². The van der Waals surface area contributed by atoms with Crippen molar-refractivity contribution in [1.82, 2.24) is 20.5 Å². The minimum absolute atomic E-state index is 0. The highest BCUT2D eigenvalue weighted by molar-refractivity contribution is 5.94. The Morgan fingerprint density at radius 1 is 1.32 bits per heavy atom. The van der Waals surface area contributed by atoms with E-state index >= 15 is 0 Å². The molecule has 1 amide bonds. The van der Waals surface area contributed by atoms with Crippen molar-refractivity contribution < 1.29 is 4.79 Å². The van der Waals surface area contributed by atoms with Gasteiger partial charge in [-0.2, -0.15) is 0 Å². The van der Waals surface area contributed by atoms with Crippen LogP contribution in [-0.2, 0) is 0 Å². The van der Waals surface area contributed by atoms with Crippen molar-refractivity contribution in [3.8, 4) is 0 Å². The molecular weight excluding hydrogens is 361 g/mol. The van der Waals surface area contributed by atoms with Gasteiger partial charge in [0.05, 0.1) is 0 Å². The van der Waals surface area contributed by atoms with E-state index in [-0.39, 0.29) is 30.7 Å². The average Bonchev–Trinajstić information content (AvgIpc) is 2.61. The molecule has 2 fully saturated rings. The van der Waals surface area contributed by atoms with Crippen LogP contribution in [0.1, 0.15) is 23.2 Å². The molecule has 6 nitrogen and oxygen atoms in total. The molecule has 0 bridgehead atoms. The van der Waals surface area contributed by atoms with Gasteiger partial charge >= 0.3 is 0 Å². The molecule has 8 heteroatoms. The molecule has 2 aliphatic rings. The second kappa shape index (κ2) is 10.8. The highest BCUT2D eigenvalue weighted by atomic mass is 35.5. The summed E-state index contributed by atoms with van der Waals surface area (Å²) in [6.07, 6.45) is 4.13. The second-order valence-electron chi connectivity index (χ2n) is 6.62. The Balaban J connectivity index is 0.00000156. The highest BCUT2D eigenvalue weighted by Gasteiger charge is 2.18. The molecule has 142 valence electrons. The maximum Gasteiger partial charge on any atom is 0.251 e. The van der Waals surface area contributed by atoms with Crippen LogP contribution in [-0.4, -0.2) is 68.7 Å². The van der Waals surface area contributed by atoms with E-state index in [0.29, 0.717) is 11.5 Å². The Kier molecular flexibility index (Phi) is 9.50. The van der Waals surface area contributed by atoms with Gasteiger partial charge in [-0.25, -0.2) is 4.98 Å². The number of likely N-dealkylation sites (N-methyl/N-ethyl adjacent to an activating group) is 1. The molecule has 1 aromatic rings. The van der Waals surface area contributed by atoms with Crippen LogP contribution in [0, 0.1) is 5.92 Å². The first-order valence-corrected chi connectivity index (χ1v) is 8.61. The van der Waals surface area contributed by atoms with Crippen molar-refractivity contribution in [3.63, 3.8) is 0 Å². The Morgan fingerprint density at radius 2 is 2.08 bits per heavy atom. The van der Waals surface area contributed by atoms with E-state index in [1.807, 2.05) is 6.07 Å².